The number of benzene rings is 2. The molecule has 3 nitrogen and oxygen atoms in total. The fraction of sp³-hybridized carbons (Fsp3) is 0.235. The van der Waals surface area contributed by atoms with Crippen molar-refractivity contribution in [3.8, 4) is 5.75 Å². The fourth-order valence-electron chi connectivity index (χ4n) is 2.02. The lowest BCUT2D eigenvalue weighted by molar-refractivity contribution is -0.120. The molecule has 2 aromatic rings. The zero-order chi connectivity index (χ0) is 14.2. The lowest BCUT2D eigenvalue weighted by Gasteiger charge is -2.06. The van der Waals surface area contributed by atoms with E-state index in [1.54, 1.807) is 7.11 Å². The van der Waals surface area contributed by atoms with Gasteiger partial charge in [-0.25, -0.2) is 0 Å². The quantitative estimate of drug-likeness (QED) is 0.875. The molecule has 0 unspecified atom stereocenters. The number of methoxy groups -OCH3 is 1. The van der Waals surface area contributed by atoms with Crippen molar-refractivity contribution in [3.05, 3.63) is 65.7 Å². The Labute approximate surface area is 119 Å². The molecule has 0 aliphatic carbocycles. The van der Waals surface area contributed by atoms with E-state index in [0.29, 0.717) is 13.0 Å². The summed E-state index contributed by atoms with van der Waals surface area (Å²) in [7, 11) is 1.62. The van der Waals surface area contributed by atoms with Crippen LogP contribution >= 0.6 is 0 Å². The Morgan fingerprint density at radius 2 is 1.80 bits per heavy atom. The van der Waals surface area contributed by atoms with E-state index in [1.165, 1.54) is 5.56 Å². The SMILES string of the molecule is COc1cccc(CC(=O)NCCc2ccccc2)c1. The van der Waals surface area contributed by atoms with Crippen LogP contribution in [0.5, 0.6) is 5.75 Å². The van der Waals surface area contributed by atoms with Crippen molar-refractivity contribution in [1.82, 2.24) is 5.32 Å². The van der Waals surface area contributed by atoms with Crippen molar-refractivity contribution in [2.45, 2.75) is 12.8 Å². The maximum atomic E-state index is 11.9. The molecule has 20 heavy (non-hydrogen) atoms. The van der Waals surface area contributed by atoms with Gasteiger partial charge >= 0.3 is 0 Å². The van der Waals surface area contributed by atoms with E-state index in [2.05, 4.69) is 17.4 Å². The highest BCUT2D eigenvalue weighted by molar-refractivity contribution is 5.78. The van der Waals surface area contributed by atoms with Gasteiger partial charge in [-0.2, -0.15) is 0 Å². The van der Waals surface area contributed by atoms with E-state index < -0.39 is 0 Å². The van der Waals surface area contributed by atoms with Crippen molar-refractivity contribution in [3.63, 3.8) is 0 Å². The second-order valence-corrected chi connectivity index (χ2v) is 4.61. The monoisotopic (exact) mass is 269 g/mol. The summed E-state index contributed by atoms with van der Waals surface area (Å²) in [6.45, 7) is 0.660. The van der Waals surface area contributed by atoms with Gasteiger partial charge in [-0.3, -0.25) is 4.79 Å². The van der Waals surface area contributed by atoms with Gasteiger partial charge < -0.3 is 10.1 Å². The van der Waals surface area contributed by atoms with Crippen LogP contribution in [0.15, 0.2) is 54.6 Å². The minimum absolute atomic E-state index is 0.0363. The van der Waals surface area contributed by atoms with Crippen LogP contribution in [0, 0.1) is 0 Å². The average molecular weight is 269 g/mol. The van der Waals surface area contributed by atoms with E-state index >= 15 is 0 Å². The van der Waals surface area contributed by atoms with Crippen LogP contribution in [0.2, 0.25) is 0 Å². The lowest BCUT2D eigenvalue weighted by atomic mass is 10.1. The topological polar surface area (TPSA) is 38.3 Å². The first-order valence-electron chi connectivity index (χ1n) is 6.71. The Morgan fingerprint density at radius 3 is 2.55 bits per heavy atom. The van der Waals surface area contributed by atoms with Gasteiger partial charge in [0, 0.05) is 6.54 Å². The molecule has 0 spiro atoms. The molecule has 0 fully saturated rings. The Kier molecular flexibility index (Phi) is 5.18. The molecule has 0 aliphatic rings. The summed E-state index contributed by atoms with van der Waals surface area (Å²) in [4.78, 5) is 11.9. The number of nitrogens with one attached hydrogen (secondary N) is 1. The number of carbonyl (C=O) groups is 1. The zero-order valence-corrected chi connectivity index (χ0v) is 11.6. The molecule has 0 aromatic heterocycles. The van der Waals surface area contributed by atoms with Crippen molar-refractivity contribution in [2.75, 3.05) is 13.7 Å². The maximum Gasteiger partial charge on any atom is 0.224 e. The Bertz CT molecular complexity index is 552. The Morgan fingerprint density at radius 1 is 1.05 bits per heavy atom. The smallest absolute Gasteiger partial charge is 0.224 e. The molecular formula is C17H19NO2. The molecule has 3 heteroatoms. The molecule has 0 saturated heterocycles. The number of rotatable bonds is 6. The third-order valence-electron chi connectivity index (χ3n) is 3.08. The molecule has 104 valence electrons. The summed E-state index contributed by atoms with van der Waals surface area (Å²) in [5, 5.41) is 2.94. The zero-order valence-electron chi connectivity index (χ0n) is 11.6. The van der Waals surface area contributed by atoms with Crippen molar-refractivity contribution < 1.29 is 9.53 Å². The van der Waals surface area contributed by atoms with Gasteiger partial charge in [-0.15, -0.1) is 0 Å². The van der Waals surface area contributed by atoms with Gasteiger partial charge in [0.25, 0.3) is 0 Å². The largest absolute Gasteiger partial charge is 0.497 e. The molecule has 0 aliphatic heterocycles. The molecule has 0 heterocycles. The summed E-state index contributed by atoms with van der Waals surface area (Å²) in [5.41, 5.74) is 2.19. The highest BCUT2D eigenvalue weighted by atomic mass is 16.5. The summed E-state index contributed by atoms with van der Waals surface area (Å²) < 4.78 is 5.14. The van der Waals surface area contributed by atoms with Crippen molar-refractivity contribution in [1.29, 1.82) is 0 Å². The first kappa shape index (κ1) is 14.1. The van der Waals surface area contributed by atoms with Crippen LogP contribution < -0.4 is 10.1 Å². The van der Waals surface area contributed by atoms with E-state index in [4.69, 9.17) is 4.74 Å². The second-order valence-electron chi connectivity index (χ2n) is 4.61. The number of amides is 1. The minimum atomic E-state index is 0.0363. The third kappa shape index (κ3) is 4.43. The van der Waals surface area contributed by atoms with Crippen molar-refractivity contribution >= 4 is 5.91 Å². The van der Waals surface area contributed by atoms with Gasteiger partial charge in [-0.1, -0.05) is 42.5 Å². The molecule has 0 atom stereocenters. The normalized spacial score (nSPS) is 10.1. The van der Waals surface area contributed by atoms with Gasteiger partial charge in [0.05, 0.1) is 13.5 Å². The van der Waals surface area contributed by atoms with Crippen LogP contribution in [0.25, 0.3) is 0 Å². The van der Waals surface area contributed by atoms with E-state index in [1.807, 2.05) is 42.5 Å². The van der Waals surface area contributed by atoms with Gasteiger partial charge in [0.1, 0.15) is 5.75 Å². The van der Waals surface area contributed by atoms with Crippen LogP contribution in [-0.2, 0) is 17.6 Å². The first-order chi connectivity index (χ1) is 9.78. The lowest BCUT2D eigenvalue weighted by Crippen LogP contribution is -2.27. The molecular weight excluding hydrogens is 250 g/mol. The number of hydrogen-bond donors (Lipinski definition) is 1. The highest BCUT2D eigenvalue weighted by Crippen LogP contribution is 2.12. The molecule has 2 rings (SSSR count). The van der Waals surface area contributed by atoms with Crippen LogP contribution in [0.3, 0.4) is 0 Å². The highest BCUT2D eigenvalue weighted by Gasteiger charge is 2.04. The van der Waals surface area contributed by atoms with Crippen molar-refractivity contribution in [2.24, 2.45) is 0 Å². The summed E-state index contributed by atoms with van der Waals surface area (Å²) >= 11 is 0. The second kappa shape index (κ2) is 7.34. The van der Waals surface area contributed by atoms with E-state index in [0.717, 1.165) is 17.7 Å². The molecule has 1 N–H and O–H groups in total. The van der Waals surface area contributed by atoms with Gasteiger partial charge in [0.2, 0.25) is 5.91 Å². The fourth-order valence-corrected chi connectivity index (χ4v) is 2.02. The number of ether oxygens (including phenoxy) is 1. The Hall–Kier alpha value is -2.29. The predicted octanol–water partition coefficient (Wildman–Crippen LogP) is 2.60. The minimum Gasteiger partial charge on any atom is -0.497 e. The number of carbonyl (C=O) groups excluding carboxylic acids is 1. The molecule has 1 amide bonds. The van der Waals surface area contributed by atoms with E-state index in [9.17, 15) is 4.79 Å². The summed E-state index contributed by atoms with van der Waals surface area (Å²) in [6.07, 6.45) is 1.23. The summed E-state index contributed by atoms with van der Waals surface area (Å²) in [5.74, 6) is 0.814. The molecule has 0 radical (unpaired) electrons. The standard InChI is InChI=1S/C17H19NO2/c1-20-16-9-5-8-15(12-16)13-17(19)18-11-10-14-6-3-2-4-7-14/h2-9,12H,10-11,13H2,1H3,(H,18,19). The average Bonchev–Trinajstić information content (AvgIpc) is 2.48. The van der Waals surface area contributed by atoms with E-state index in [-0.39, 0.29) is 5.91 Å². The van der Waals surface area contributed by atoms with Crippen LogP contribution in [0.1, 0.15) is 11.1 Å². The number of hydrogen-bond acceptors (Lipinski definition) is 2. The van der Waals surface area contributed by atoms with Gasteiger partial charge in [0.15, 0.2) is 0 Å². The maximum absolute atomic E-state index is 11.9. The van der Waals surface area contributed by atoms with Gasteiger partial charge in [-0.05, 0) is 29.7 Å². The first-order valence-corrected chi connectivity index (χ1v) is 6.71. The summed E-state index contributed by atoms with van der Waals surface area (Å²) in [6, 6.07) is 17.7. The third-order valence-corrected chi connectivity index (χ3v) is 3.08. The predicted molar refractivity (Wildman–Crippen MR) is 79.9 cm³/mol. The molecule has 0 saturated carbocycles. The Balaban J connectivity index is 1.77. The molecule has 0 bridgehead atoms. The molecule has 2 aromatic carbocycles. The van der Waals surface area contributed by atoms with Crippen LogP contribution in [0.4, 0.5) is 0 Å². The van der Waals surface area contributed by atoms with Crippen LogP contribution in [-0.4, -0.2) is 19.6 Å².